The fraction of sp³-hybridized carbons (Fsp3) is 0.111. The van der Waals surface area contributed by atoms with Crippen LogP contribution in [0.15, 0.2) is 102 Å². The van der Waals surface area contributed by atoms with Crippen LogP contribution in [0.1, 0.15) is 22.7 Å². The van der Waals surface area contributed by atoms with Gasteiger partial charge >= 0.3 is 0 Å². The Bertz CT molecular complexity index is 1190. The molecule has 0 aromatic heterocycles. The van der Waals surface area contributed by atoms with Gasteiger partial charge in [0.05, 0.1) is 11.6 Å². The molecule has 1 amide bonds. The molecule has 4 rings (SSSR count). The molecule has 4 nitrogen and oxygen atoms in total. The first-order valence-electron chi connectivity index (χ1n) is 10.4. The molecule has 1 aliphatic rings. The quantitative estimate of drug-likeness (QED) is 0.537. The Morgan fingerprint density at radius 2 is 1.56 bits per heavy atom. The maximum atomic E-state index is 14.7. The van der Waals surface area contributed by atoms with Crippen molar-refractivity contribution in [2.75, 3.05) is 6.54 Å². The molecule has 32 heavy (non-hydrogen) atoms. The van der Waals surface area contributed by atoms with E-state index in [9.17, 15) is 19.1 Å². The zero-order valence-corrected chi connectivity index (χ0v) is 17.3. The molecular formula is C27H22FNO3. The van der Waals surface area contributed by atoms with Crippen LogP contribution in [0.25, 0.3) is 6.08 Å². The third kappa shape index (κ3) is 4.37. The monoisotopic (exact) mass is 427 g/mol. The largest absolute Gasteiger partial charge is 0.503 e. The zero-order valence-electron chi connectivity index (χ0n) is 17.3. The topological polar surface area (TPSA) is 57.6 Å². The normalized spacial score (nSPS) is 16.2. The minimum absolute atomic E-state index is 0.111. The molecule has 0 aliphatic carbocycles. The van der Waals surface area contributed by atoms with Crippen molar-refractivity contribution in [3.8, 4) is 0 Å². The number of benzene rings is 3. The summed E-state index contributed by atoms with van der Waals surface area (Å²) in [5, 5.41) is 10.6. The fourth-order valence-electron chi connectivity index (χ4n) is 3.88. The van der Waals surface area contributed by atoms with Crippen LogP contribution in [0.2, 0.25) is 0 Å². The van der Waals surface area contributed by atoms with Gasteiger partial charge in [0, 0.05) is 12.1 Å². The van der Waals surface area contributed by atoms with Gasteiger partial charge in [0.15, 0.2) is 11.5 Å². The van der Waals surface area contributed by atoms with E-state index in [4.69, 9.17) is 0 Å². The highest BCUT2D eigenvalue weighted by Gasteiger charge is 2.43. The maximum absolute atomic E-state index is 14.7. The van der Waals surface area contributed by atoms with Crippen molar-refractivity contribution >= 4 is 17.8 Å². The summed E-state index contributed by atoms with van der Waals surface area (Å²) >= 11 is 0. The van der Waals surface area contributed by atoms with Crippen molar-refractivity contribution in [3.63, 3.8) is 0 Å². The van der Waals surface area contributed by atoms with Crippen molar-refractivity contribution in [2.45, 2.75) is 12.5 Å². The van der Waals surface area contributed by atoms with Crippen LogP contribution in [-0.2, 0) is 16.0 Å². The zero-order chi connectivity index (χ0) is 22.5. The Morgan fingerprint density at radius 1 is 0.938 bits per heavy atom. The molecule has 0 bridgehead atoms. The summed E-state index contributed by atoms with van der Waals surface area (Å²) in [5.74, 6) is -2.38. The molecule has 0 saturated carbocycles. The maximum Gasteiger partial charge on any atom is 0.290 e. The van der Waals surface area contributed by atoms with Crippen LogP contribution in [0.3, 0.4) is 0 Å². The van der Waals surface area contributed by atoms with Gasteiger partial charge in [-0.15, -0.1) is 0 Å². The molecule has 0 spiro atoms. The average molecular weight is 427 g/mol. The van der Waals surface area contributed by atoms with E-state index in [1.54, 1.807) is 18.2 Å². The Labute approximate surface area is 185 Å². The van der Waals surface area contributed by atoms with Gasteiger partial charge in [0.1, 0.15) is 5.82 Å². The van der Waals surface area contributed by atoms with Crippen molar-refractivity contribution in [2.24, 2.45) is 0 Å². The smallest absolute Gasteiger partial charge is 0.290 e. The minimum Gasteiger partial charge on any atom is -0.503 e. The first-order chi connectivity index (χ1) is 15.6. The molecule has 0 radical (unpaired) electrons. The molecule has 160 valence electrons. The molecule has 3 aromatic rings. The number of rotatable bonds is 7. The summed E-state index contributed by atoms with van der Waals surface area (Å²) in [6, 6.07) is 23.8. The van der Waals surface area contributed by atoms with Gasteiger partial charge in [0.25, 0.3) is 5.91 Å². The van der Waals surface area contributed by atoms with Gasteiger partial charge in [-0.2, -0.15) is 0 Å². The van der Waals surface area contributed by atoms with E-state index in [0.717, 1.165) is 11.1 Å². The lowest BCUT2D eigenvalue weighted by Crippen LogP contribution is -2.33. The van der Waals surface area contributed by atoms with E-state index in [-0.39, 0.29) is 17.7 Å². The van der Waals surface area contributed by atoms with Gasteiger partial charge in [-0.25, -0.2) is 4.39 Å². The van der Waals surface area contributed by atoms with E-state index < -0.39 is 29.3 Å². The number of halogens is 1. The second-order valence-electron chi connectivity index (χ2n) is 7.53. The van der Waals surface area contributed by atoms with E-state index in [1.165, 1.54) is 23.1 Å². The number of hydrogen-bond donors (Lipinski definition) is 1. The standard InChI is InChI=1S/C27H22FNO3/c28-22-14-8-7-13-21(22)25-24(23(30)16-15-19-9-3-1-4-10-19)26(31)27(32)29(25)18-17-20-11-5-2-6-12-20/h1-16,25,31H,17-18H2/b16-15+. The Kier molecular flexibility index (Phi) is 6.26. The number of aliphatic hydroxyl groups is 1. The van der Waals surface area contributed by atoms with Gasteiger partial charge in [-0.3, -0.25) is 9.59 Å². The predicted octanol–water partition coefficient (Wildman–Crippen LogP) is 5.05. The highest BCUT2D eigenvalue weighted by molar-refractivity contribution is 6.14. The minimum atomic E-state index is -1.000. The van der Waals surface area contributed by atoms with Crippen LogP contribution in [0.5, 0.6) is 0 Å². The average Bonchev–Trinajstić information content (AvgIpc) is 3.07. The lowest BCUT2D eigenvalue weighted by Gasteiger charge is -2.27. The van der Waals surface area contributed by atoms with Crippen LogP contribution in [-0.4, -0.2) is 28.2 Å². The SMILES string of the molecule is O=C(/C=C/c1ccccc1)C1=C(O)C(=O)N(CCc2ccccc2)C1c1ccccc1F. The number of carbonyl (C=O) groups excluding carboxylic acids is 2. The third-order valence-corrected chi connectivity index (χ3v) is 5.48. The Balaban J connectivity index is 1.68. The summed E-state index contributed by atoms with van der Waals surface area (Å²) in [5.41, 5.74) is 1.86. The summed E-state index contributed by atoms with van der Waals surface area (Å²) in [7, 11) is 0. The van der Waals surface area contributed by atoms with Crippen LogP contribution >= 0.6 is 0 Å². The number of ketones is 1. The summed E-state index contributed by atoms with van der Waals surface area (Å²) in [6.07, 6.45) is 3.42. The van der Waals surface area contributed by atoms with Gasteiger partial charge in [0.2, 0.25) is 0 Å². The number of amides is 1. The molecule has 1 unspecified atom stereocenters. The molecule has 1 N–H and O–H groups in total. The second kappa shape index (κ2) is 9.43. The number of nitrogens with zero attached hydrogens (tertiary/aromatic N) is 1. The summed E-state index contributed by atoms with van der Waals surface area (Å²) < 4.78 is 14.7. The third-order valence-electron chi connectivity index (χ3n) is 5.48. The van der Waals surface area contributed by atoms with Crippen LogP contribution in [0.4, 0.5) is 4.39 Å². The Hall–Kier alpha value is -3.99. The van der Waals surface area contributed by atoms with E-state index in [1.807, 2.05) is 60.7 Å². The number of hydrogen-bond acceptors (Lipinski definition) is 3. The molecule has 5 heteroatoms. The molecule has 1 heterocycles. The molecule has 1 aliphatic heterocycles. The molecule has 0 saturated heterocycles. The first-order valence-corrected chi connectivity index (χ1v) is 10.4. The molecule has 0 fully saturated rings. The van der Waals surface area contributed by atoms with E-state index >= 15 is 0 Å². The van der Waals surface area contributed by atoms with Crippen molar-refractivity contribution < 1.29 is 19.1 Å². The number of allylic oxidation sites excluding steroid dienone is 1. The van der Waals surface area contributed by atoms with Crippen molar-refractivity contribution in [1.29, 1.82) is 0 Å². The number of carbonyl (C=O) groups is 2. The second-order valence-corrected chi connectivity index (χ2v) is 7.53. The van der Waals surface area contributed by atoms with E-state index in [2.05, 4.69) is 0 Å². The van der Waals surface area contributed by atoms with Crippen molar-refractivity contribution in [3.05, 3.63) is 125 Å². The lowest BCUT2D eigenvalue weighted by atomic mass is 9.95. The fourth-order valence-corrected chi connectivity index (χ4v) is 3.88. The highest BCUT2D eigenvalue weighted by atomic mass is 19.1. The molecular weight excluding hydrogens is 405 g/mol. The summed E-state index contributed by atoms with van der Waals surface area (Å²) in [6.45, 7) is 0.227. The summed E-state index contributed by atoms with van der Waals surface area (Å²) in [4.78, 5) is 27.4. The van der Waals surface area contributed by atoms with Crippen LogP contribution < -0.4 is 0 Å². The van der Waals surface area contributed by atoms with Gasteiger partial charge < -0.3 is 10.0 Å². The van der Waals surface area contributed by atoms with E-state index in [0.29, 0.717) is 6.42 Å². The molecule has 3 aromatic carbocycles. The molecule has 1 atom stereocenters. The van der Waals surface area contributed by atoms with Gasteiger partial charge in [-0.05, 0) is 29.7 Å². The number of aliphatic hydroxyl groups excluding tert-OH is 1. The lowest BCUT2D eigenvalue weighted by molar-refractivity contribution is -0.129. The van der Waals surface area contributed by atoms with Gasteiger partial charge in [-0.1, -0.05) is 84.9 Å². The highest BCUT2D eigenvalue weighted by Crippen LogP contribution is 2.39. The first kappa shape index (κ1) is 21.2. The predicted molar refractivity (Wildman–Crippen MR) is 121 cm³/mol. The van der Waals surface area contributed by atoms with Crippen LogP contribution in [0, 0.1) is 5.82 Å². The van der Waals surface area contributed by atoms with Crippen molar-refractivity contribution in [1.82, 2.24) is 4.90 Å². The Morgan fingerprint density at radius 3 is 2.25 bits per heavy atom.